The third kappa shape index (κ3) is 2.84. The largest absolute Gasteiger partial charge is 0.456 e. The summed E-state index contributed by atoms with van der Waals surface area (Å²) in [6.07, 6.45) is 1.45. The molecule has 0 aliphatic heterocycles. The number of nitrogens with one attached hydrogen (secondary N) is 1. The molecule has 0 unspecified atom stereocenters. The standard InChI is InChI=1S/C12H9BrFN3O/c13-9-5-7(1-3-10(9)14)18-8-2-4-11(12(15)16)17-6-8/h1-6H,(H3,15,16). The summed E-state index contributed by atoms with van der Waals surface area (Å²) in [5.74, 6) is 0.512. The van der Waals surface area contributed by atoms with Crippen molar-refractivity contribution in [3.63, 3.8) is 0 Å². The molecule has 0 amide bonds. The van der Waals surface area contributed by atoms with Gasteiger partial charge in [0, 0.05) is 0 Å². The molecule has 2 rings (SSSR count). The zero-order chi connectivity index (χ0) is 13.1. The number of halogens is 2. The van der Waals surface area contributed by atoms with Crippen LogP contribution in [0, 0.1) is 11.2 Å². The molecule has 1 aromatic carbocycles. The topological polar surface area (TPSA) is 72.0 Å². The second-order valence-corrected chi connectivity index (χ2v) is 4.33. The van der Waals surface area contributed by atoms with Crippen molar-refractivity contribution in [1.29, 1.82) is 5.41 Å². The lowest BCUT2D eigenvalue weighted by Gasteiger charge is -2.06. The number of hydrogen-bond donors (Lipinski definition) is 2. The first-order chi connectivity index (χ1) is 8.56. The third-order valence-electron chi connectivity index (χ3n) is 2.14. The molecule has 0 atom stereocenters. The summed E-state index contributed by atoms with van der Waals surface area (Å²) in [7, 11) is 0. The average Bonchev–Trinajstić information content (AvgIpc) is 2.34. The molecule has 1 heterocycles. The molecule has 92 valence electrons. The molecule has 6 heteroatoms. The Kier molecular flexibility index (Phi) is 3.57. The van der Waals surface area contributed by atoms with Crippen LogP contribution in [0.1, 0.15) is 5.69 Å². The predicted molar refractivity (Wildman–Crippen MR) is 69.4 cm³/mol. The molecule has 2 aromatic rings. The van der Waals surface area contributed by atoms with Gasteiger partial charge in [-0.15, -0.1) is 0 Å². The highest BCUT2D eigenvalue weighted by Gasteiger charge is 2.04. The highest BCUT2D eigenvalue weighted by molar-refractivity contribution is 9.10. The van der Waals surface area contributed by atoms with Crippen molar-refractivity contribution < 1.29 is 9.13 Å². The van der Waals surface area contributed by atoms with E-state index in [4.69, 9.17) is 15.9 Å². The zero-order valence-electron chi connectivity index (χ0n) is 9.15. The lowest BCUT2D eigenvalue weighted by Crippen LogP contribution is -2.12. The van der Waals surface area contributed by atoms with E-state index in [0.717, 1.165) is 0 Å². The monoisotopic (exact) mass is 309 g/mol. The smallest absolute Gasteiger partial charge is 0.145 e. The van der Waals surface area contributed by atoms with Crippen molar-refractivity contribution in [2.75, 3.05) is 0 Å². The van der Waals surface area contributed by atoms with E-state index in [0.29, 0.717) is 21.7 Å². The van der Waals surface area contributed by atoms with Crippen molar-refractivity contribution in [2.45, 2.75) is 0 Å². The van der Waals surface area contributed by atoms with E-state index in [1.807, 2.05) is 0 Å². The van der Waals surface area contributed by atoms with Crippen molar-refractivity contribution in [1.82, 2.24) is 4.98 Å². The quantitative estimate of drug-likeness (QED) is 0.676. The minimum atomic E-state index is -0.354. The van der Waals surface area contributed by atoms with Crippen LogP contribution in [0.3, 0.4) is 0 Å². The van der Waals surface area contributed by atoms with Gasteiger partial charge in [-0.3, -0.25) is 5.41 Å². The molecule has 18 heavy (non-hydrogen) atoms. The van der Waals surface area contributed by atoms with Crippen molar-refractivity contribution in [3.05, 3.63) is 52.5 Å². The van der Waals surface area contributed by atoms with Gasteiger partial charge in [-0.05, 0) is 46.3 Å². The van der Waals surface area contributed by atoms with Gasteiger partial charge in [0.1, 0.15) is 28.8 Å². The maximum Gasteiger partial charge on any atom is 0.145 e. The number of nitrogens with zero attached hydrogens (tertiary/aromatic N) is 1. The van der Waals surface area contributed by atoms with Crippen LogP contribution in [-0.4, -0.2) is 10.8 Å². The van der Waals surface area contributed by atoms with Crippen LogP contribution in [0.15, 0.2) is 41.0 Å². The Morgan fingerprint density at radius 1 is 1.28 bits per heavy atom. The van der Waals surface area contributed by atoms with E-state index in [1.165, 1.54) is 24.4 Å². The predicted octanol–water partition coefficient (Wildman–Crippen LogP) is 3.06. The van der Waals surface area contributed by atoms with Gasteiger partial charge in [-0.25, -0.2) is 9.37 Å². The van der Waals surface area contributed by atoms with E-state index in [1.54, 1.807) is 12.1 Å². The molecule has 0 aliphatic carbocycles. The zero-order valence-corrected chi connectivity index (χ0v) is 10.7. The van der Waals surface area contributed by atoms with Crippen LogP contribution < -0.4 is 10.5 Å². The van der Waals surface area contributed by atoms with Gasteiger partial charge in [-0.1, -0.05) is 0 Å². The molecular formula is C12H9BrFN3O. The summed E-state index contributed by atoms with van der Waals surface area (Å²) >= 11 is 3.07. The lowest BCUT2D eigenvalue weighted by atomic mass is 10.3. The Morgan fingerprint density at radius 3 is 2.56 bits per heavy atom. The number of amidine groups is 1. The Hall–Kier alpha value is -1.95. The molecule has 0 saturated carbocycles. The van der Waals surface area contributed by atoms with Crippen LogP contribution in [-0.2, 0) is 0 Å². The molecule has 0 saturated heterocycles. The summed E-state index contributed by atoms with van der Waals surface area (Å²) in [4.78, 5) is 3.95. The van der Waals surface area contributed by atoms with Gasteiger partial charge in [0.05, 0.1) is 10.7 Å². The fraction of sp³-hybridized carbons (Fsp3) is 0. The molecule has 3 N–H and O–H groups in total. The first kappa shape index (κ1) is 12.5. The molecular weight excluding hydrogens is 301 g/mol. The van der Waals surface area contributed by atoms with Gasteiger partial charge in [0.15, 0.2) is 0 Å². The van der Waals surface area contributed by atoms with Crippen LogP contribution >= 0.6 is 15.9 Å². The highest BCUT2D eigenvalue weighted by atomic mass is 79.9. The van der Waals surface area contributed by atoms with Gasteiger partial charge >= 0.3 is 0 Å². The van der Waals surface area contributed by atoms with Crippen LogP contribution in [0.25, 0.3) is 0 Å². The van der Waals surface area contributed by atoms with Gasteiger partial charge in [0.2, 0.25) is 0 Å². The summed E-state index contributed by atoms with van der Waals surface area (Å²) in [5.41, 5.74) is 5.66. The molecule has 0 spiro atoms. The lowest BCUT2D eigenvalue weighted by molar-refractivity contribution is 0.477. The van der Waals surface area contributed by atoms with Crippen molar-refractivity contribution in [2.24, 2.45) is 5.73 Å². The molecule has 0 radical (unpaired) electrons. The summed E-state index contributed by atoms with van der Waals surface area (Å²) in [5, 5.41) is 7.21. The summed E-state index contributed by atoms with van der Waals surface area (Å²) < 4.78 is 18.8. The normalized spacial score (nSPS) is 10.1. The van der Waals surface area contributed by atoms with Gasteiger partial charge in [-0.2, -0.15) is 0 Å². The van der Waals surface area contributed by atoms with Crippen LogP contribution in [0.5, 0.6) is 11.5 Å². The summed E-state index contributed by atoms with van der Waals surface area (Å²) in [6, 6.07) is 7.56. The van der Waals surface area contributed by atoms with Crippen molar-refractivity contribution in [3.8, 4) is 11.5 Å². The Morgan fingerprint density at radius 2 is 2.00 bits per heavy atom. The Balaban J connectivity index is 2.18. The van der Waals surface area contributed by atoms with E-state index in [-0.39, 0.29) is 11.7 Å². The van der Waals surface area contributed by atoms with Gasteiger partial charge in [0.25, 0.3) is 0 Å². The molecule has 4 nitrogen and oxygen atoms in total. The number of benzene rings is 1. The second kappa shape index (κ2) is 5.14. The van der Waals surface area contributed by atoms with E-state index in [2.05, 4.69) is 20.9 Å². The number of aromatic nitrogens is 1. The minimum absolute atomic E-state index is 0.105. The van der Waals surface area contributed by atoms with E-state index in [9.17, 15) is 4.39 Å². The Labute approximate surface area is 111 Å². The van der Waals surface area contributed by atoms with Crippen LogP contribution in [0.4, 0.5) is 4.39 Å². The maximum absolute atomic E-state index is 13.0. The SMILES string of the molecule is N=C(N)c1ccc(Oc2ccc(F)c(Br)c2)cn1. The van der Waals surface area contributed by atoms with Gasteiger partial charge < -0.3 is 10.5 Å². The summed E-state index contributed by atoms with van der Waals surface area (Å²) in [6.45, 7) is 0. The first-order valence-electron chi connectivity index (χ1n) is 4.99. The molecule has 0 aliphatic rings. The fourth-order valence-electron chi connectivity index (χ4n) is 1.28. The van der Waals surface area contributed by atoms with Crippen LogP contribution in [0.2, 0.25) is 0 Å². The van der Waals surface area contributed by atoms with E-state index < -0.39 is 0 Å². The highest BCUT2D eigenvalue weighted by Crippen LogP contribution is 2.25. The molecule has 0 bridgehead atoms. The van der Waals surface area contributed by atoms with E-state index >= 15 is 0 Å². The molecule has 1 aromatic heterocycles. The number of nitrogens with two attached hydrogens (primary N) is 1. The third-order valence-corrected chi connectivity index (χ3v) is 2.75. The Bertz CT molecular complexity index is 586. The fourth-order valence-corrected chi connectivity index (χ4v) is 1.63. The molecule has 0 fully saturated rings. The second-order valence-electron chi connectivity index (χ2n) is 3.47. The minimum Gasteiger partial charge on any atom is -0.456 e. The maximum atomic E-state index is 13.0. The number of nitrogen functional groups attached to an aromatic ring is 1. The first-order valence-corrected chi connectivity index (χ1v) is 5.79. The number of ether oxygens (including phenoxy) is 1. The van der Waals surface area contributed by atoms with Crippen molar-refractivity contribution >= 4 is 21.8 Å². The number of hydrogen-bond acceptors (Lipinski definition) is 3. The number of rotatable bonds is 3. The average molecular weight is 310 g/mol. The number of pyridine rings is 1.